The molecule has 0 radical (unpaired) electrons. The summed E-state index contributed by atoms with van der Waals surface area (Å²) in [6.07, 6.45) is 21.5. The van der Waals surface area contributed by atoms with Gasteiger partial charge in [0.05, 0.1) is 0 Å². The van der Waals surface area contributed by atoms with Crippen molar-refractivity contribution in [3.8, 4) is 34.5 Å². The molecule has 6 N–H and O–H groups in total. The number of phenols is 6. The first-order chi connectivity index (χ1) is 21.3. The van der Waals surface area contributed by atoms with Crippen LogP contribution in [0.15, 0.2) is 48.5 Å². The molecule has 0 bridgehead atoms. The molecule has 0 saturated heterocycles. The summed E-state index contributed by atoms with van der Waals surface area (Å²) in [5, 5.41) is 59.3. The second kappa shape index (κ2) is 19.7. The van der Waals surface area contributed by atoms with E-state index < -0.39 is 0 Å². The Morgan fingerprint density at radius 3 is 0.818 bits per heavy atom. The predicted octanol–water partition coefficient (Wildman–Crippen LogP) is 9.73. The Bertz CT molecular complexity index is 1120. The second-order valence-electron chi connectivity index (χ2n) is 12.5. The molecular formula is C38H54O6. The SMILES string of the molecule is Oc1cc(O)cc(CCCCCCCCCCc2cc(O)c(CCCCCCCCCCc3cc(O)cc(O)c3)cc2O)c1. The van der Waals surface area contributed by atoms with Gasteiger partial charge < -0.3 is 30.6 Å². The Morgan fingerprint density at radius 1 is 0.273 bits per heavy atom. The van der Waals surface area contributed by atoms with E-state index in [0.29, 0.717) is 11.5 Å². The summed E-state index contributed by atoms with van der Waals surface area (Å²) in [6.45, 7) is 0. The van der Waals surface area contributed by atoms with Crippen LogP contribution in [0.3, 0.4) is 0 Å². The van der Waals surface area contributed by atoms with E-state index in [1.165, 1.54) is 63.5 Å². The van der Waals surface area contributed by atoms with Crippen LogP contribution in [0.2, 0.25) is 0 Å². The van der Waals surface area contributed by atoms with E-state index in [1.54, 1.807) is 36.4 Å². The van der Waals surface area contributed by atoms with Crippen LogP contribution < -0.4 is 0 Å². The van der Waals surface area contributed by atoms with E-state index in [9.17, 15) is 30.6 Å². The molecule has 0 aliphatic rings. The average molecular weight is 607 g/mol. The van der Waals surface area contributed by atoms with Crippen molar-refractivity contribution < 1.29 is 30.6 Å². The summed E-state index contributed by atoms with van der Waals surface area (Å²) in [7, 11) is 0. The number of phenolic OH excluding ortho intramolecular Hbond substituents is 6. The third kappa shape index (κ3) is 13.8. The molecule has 0 aliphatic carbocycles. The minimum absolute atomic E-state index is 0.119. The van der Waals surface area contributed by atoms with Crippen LogP contribution in [0.25, 0.3) is 0 Å². The molecule has 6 nitrogen and oxygen atoms in total. The van der Waals surface area contributed by atoms with Crippen LogP contribution in [0.5, 0.6) is 34.5 Å². The van der Waals surface area contributed by atoms with Crippen LogP contribution in [-0.4, -0.2) is 30.6 Å². The Morgan fingerprint density at radius 2 is 0.523 bits per heavy atom. The van der Waals surface area contributed by atoms with Gasteiger partial charge in [-0.3, -0.25) is 0 Å². The molecule has 0 heterocycles. The molecule has 0 amide bonds. The maximum Gasteiger partial charge on any atom is 0.119 e. The molecule has 242 valence electrons. The Kier molecular flexibility index (Phi) is 15.6. The lowest BCUT2D eigenvalue weighted by Crippen LogP contribution is -1.93. The van der Waals surface area contributed by atoms with Crippen molar-refractivity contribution in [2.45, 2.75) is 128 Å². The highest BCUT2D eigenvalue weighted by atomic mass is 16.3. The first-order valence-electron chi connectivity index (χ1n) is 16.9. The molecule has 3 aromatic carbocycles. The van der Waals surface area contributed by atoms with Crippen molar-refractivity contribution in [2.75, 3.05) is 0 Å². The van der Waals surface area contributed by atoms with Gasteiger partial charge in [-0.15, -0.1) is 0 Å². The summed E-state index contributed by atoms with van der Waals surface area (Å²) in [5.74, 6) is 1.08. The molecule has 6 heteroatoms. The normalized spacial score (nSPS) is 11.3. The Balaban J connectivity index is 1.16. The van der Waals surface area contributed by atoms with E-state index >= 15 is 0 Å². The number of rotatable bonds is 22. The fourth-order valence-corrected chi connectivity index (χ4v) is 6.08. The number of aromatic hydroxyl groups is 6. The quantitative estimate of drug-likeness (QED) is 0.0500. The molecule has 0 spiro atoms. The zero-order chi connectivity index (χ0) is 31.6. The van der Waals surface area contributed by atoms with Gasteiger partial charge in [0.15, 0.2) is 0 Å². The largest absolute Gasteiger partial charge is 0.508 e. The number of unbranched alkanes of at least 4 members (excludes halogenated alkanes) is 14. The summed E-state index contributed by atoms with van der Waals surface area (Å²) in [6, 6.07) is 13.1. The Labute approximate surface area is 264 Å². The zero-order valence-corrected chi connectivity index (χ0v) is 26.4. The van der Waals surface area contributed by atoms with Crippen LogP contribution in [-0.2, 0) is 25.7 Å². The third-order valence-corrected chi connectivity index (χ3v) is 8.53. The van der Waals surface area contributed by atoms with E-state index in [2.05, 4.69) is 0 Å². The average Bonchev–Trinajstić information content (AvgIpc) is 2.96. The fraction of sp³-hybridized carbons (Fsp3) is 0.526. The highest BCUT2D eigenvalue weighted by Gasteiger charge is 2.09. The first-order valence-corrected chi connectivity index (χ1v) is 16.9. The molecule has 3 aromatic rings. The third-order valence-electron chi connectivity index (χ3n) is 8.53. The summed E-state index contributed by atoms with van der Waals surface area (Å²) >= 11 is 0. The van der Waals surface area contributed by atoms with Gasteiger partial charge in [-0.25, -0.2) is 0 Å². The highest BCUT2D eigenvalue weighted by molar-refractivity contribution is 5.45. The van der Waals surface area contributed by atoms with Crippen LogP contribution in [0.1, 0.15) is 125 Å². The summed E-state index contributed by atoms with van der Waals surface area (Å²) in [5.41, 5.74) is 3.63. The molecule has 3 rings (SSSR count). The lowest BCUT2D eigenvalue weighted by molar-refractivity contribution is 0.445. The van der Waals surface area contributed by atoms with E-state index in [-0.39, 0.29) is 23.0 Å². The van der Waals surface area contributed by atoms with Crippen molar-refractivity contribution in [1.82, 2.24) is 0 Å². The van der Waals surface area contributed by atoms with Gasteiger partial charge in [0.2, 0.25) is 0 Å². The first kappa shape index (κ1) is 34.9. The predicted molar refractivity (Wildman–Crippen MR) is 178 cm³/mol. The van der Waals surface area contributed by atoms with Gasteiger partial charge in [-0.1, -0.05) is 77.0 Å². The maximum atomic E-state index is 10.5. The number of hydrogen-bond donors (Lipinski definition) is 6. The van der Waals surface area contributed by atoms with Crippen molar-refractivity contribution in [1.29, 1.82) is 0 Å². The second-order valence-corrected chi connectivity index (χ2v) is 12.5. The standard InChI is InChI=1S/C38H54O6/c39-33-21-29(22-34(40)27-33)17-13-9-5-1-3-7-11-15-19-31-25-38(44)32(26-37(31)43)20-16-12-8-4-2-6-10-14-18-30-23-35(41)28-36(42)24-30/h21-28,39-44H,1-20H2. The molecule has 0 unspecified atom stereocenters. The molecule has 0 aliphatic heterocycles. The number of aryl methyl sites for hydroxylation is 4. The topological polar surface area (TPSA) is 121 Å². The molecule has 0 atom stereocenters. The van der Waals surface area contributed by atoms with Crippen molar-refractivity contribution in [3.05, 3.63) is 70.8 Å². The summed E-state index contributed by atoms with van der Waals surface area (Å²) in [4.78, 5) is 0. The van der Waals surface area contributed by atoms with Crippen molar-refractivity contribution in [2.24, 2.45) is 0 Å². The number of hydrogen-bond acceptors (Lipinski definition) is 6. The fourth-order valence-electron chi connectivity index (χ4n) is 6.08. The monoisotopic (exact) mass is 606 g/mol. The van der Waals surface area contributed by atoms with Crippen molar-refractivity contribution in [3.63, 3.8) is 0 Å². The minimum Gasteiger partial charge on any atom is -0.508 e. The van der Waals surface area contributed by atoms with Gasteiger partial charge in [0, 0.05) is 12.1 Å². The van der Waals surface area contributed by atoms with Gasteiger partial charge in [-0.05, 0) is 110 Å². The number of benzene rings is 3. The lowest BCUT2D eigenvalue weighted by Gasteiger charge is -2.10. The molecule has 44 heavy (non-hydrogen) atoms. The van der Waals surface area contributed by atoms with Crippen molar-refractivity contribution >= 4 is 0 Å². The van der Waals surface area contributed by atoms with Gasteiger partial charge in [-0.2, -0.15) is 0 Å². The van der Waals surface area contributed by atoms with Crippen LogP contribution in [0, 0.1) is 0 Å². The van der Waals surface area contributed by atoms with E-state index in [4.69, 9.17) is 0 Å². The van der Waals surface area contributed by atoms with Gasteiger partial charge in [0.25, 0.3) is 0 Å². The van der Waals surface area contributed by atoms with Gasteiger partial charge >= 0.3 is 0 Å². The zero-order valence-electron chi connectivity index (χ0n) is 26.4. The van der Waals surface area contributed by atoms with Crippen LogP contribution >= 0.6 is 0 Å². The molecule has 0 saturated carbocycles. The van der Waals surface area contributed by atoms with E-state index in [0.717, 1.165) is 99.3 Å². The molecule has 0 aromatic heterocycles. The lowest BCUT2D eigenvalue weighted by atomic mass is 9.98. The summed E-state index contributed by atoms with van der Waals surface area (Å²) < 4.78 is 0. The van der Waals surface area contributed by atoms with E-state index in [1.807, 2.05) is 0 Å². The maximum absolute atomic E-state index is 10.5. The molecule has 0 fully saturated rings. The highest BCUT2D eigenvalue weighted by Crippen LogP contribution is 2.30. The minimum atomic E-state index is 0.119. The van der Waals surface area contributed by atoms with Gasteiger partial charge in [0.1, 0.15) is 34.5 Å². The Hall–Kier alpha value is -3.54. The van der Waals surface area contributed by atoms with Crippen LogP contribution in [0.4, 0.5) is 0 Å². The smallest absolute Gasteiger partial charge is 0.119 e. The molecular weight excluding hydrogens is 552 g/mol.